The van der Waals surface area contributed by atoms with Gasteiger partial charge in [-0.1, -0.05) is 6.07 Å². The fourth-order valence-corrected chi connectivity index (χ4v) is 6.15. The van der Waals surface area contributed by atoms with Crippen molar-refractivity contribution in [3.05, 3.63) is 59.0 Å². The molecule has 2 fully saturated rings. The largest absolute Gasteiger partial charge is 0.396 e. The molecule has 0 saturated heterocycles. The van der Waals surface area contributed by atoms with Crippen LogP contribution >= 0.6 is 11.3 Å². The zero-order valence-electron chi connectivity index (χ0n) is 20.5. The molecule has 2 saturated carbocycles. The molecule has 3 heterocycles. The lowest BCUT2D eigenvalue weighted by Crippen LogP contribution is -2.19. The number of fused-ring (bicyclic) bond motifs is 1. The van der Waals surface area contributed by atoms with Crippen molar-refractivity contribution in [2.75, 3.05) is 17.2 Å². The summed E-state index contributed by atoms with van der Waals surface area (Å²) in [5, 5.41) is 17.0. The quantitative estimate of drug-likeness (QED) is 0.269. The number of aliphatic hydroxyl groups excluding tert-OH is 1. The molecular weight excluding hydrogens is 494 g/mol. The van der Waals surface area contributed by atoms with Crippen LogP contribution in [0.15, 0.2) is 30.5 Å². The van der Waals surface area contributed by atoms with Gasteiger partial charge in [0.25, 0.3) is 0 Å². The second kappa shape index (κ2) is 9.90. The van der Waals surface area contributed by atoms with E-state index in [4.69, 9.17) is 9.97 Å². The van der Waals surface area contributed by atoms with Gasteiger partial charge in [0.15, 0.2) is 0 Å². The molecule has 6 rings (SSSR count). The molecule has 4 aromatic rings. The number of rotatable bonds is 8. The molecule has 7 nitrogen and oxygen atoms in total. The maximum absolute atomic E-state index is 14.2. The van der Waals surface area contributed by atoms with Crippen LogP contribution in [0.5, 0.6) is 0 Å². The summed E-state index contributed by atoms with van der Waals surface area (Å²) in [7, 11) is 0. The van der Waals surface area contributed by atoms with Crippen molar-refractivity contribution in [1.29, 1.82) is 0 Å². The van der Waals surface area contributed by atoms with Crippen LogP contribution in [0.25, 0.3) is 20.8 Å². The number of thiazole rings is 1. The maximum atomic E-state index is 14.2. The predicted octanol–water partition coefficient (Wildman–Crippen LogP) is 5.80. The number of aromatic nitrogens is 4. The van der Waals surface area contributed by atoms with Crippen LogP contribution < -0.4 is 10.6 Å². The van der Waals surface area contributed by atoms with Gasteiger partial charge in [0.05, 0.1) is 21.7 Å². The van der Waals surface area contributed by atoms with Gasteiger partial charge in [-0.25, -0.2) is 18.7 Å². The van der Waals surface area contributed by atoms with Crippen LogP contribution in [-0.2, 0) is 6.54 Å². The van der Waals surface area contributed by atoms with E-state index in [1.807, 2.05) is 19.2 Å². The van der Waals surface area contributed by atoms with Crippen LogP contribution in [0.3, 0.4) is 0 Å². The molecule has 2 atom stereocenters. The Morgan fingerprint density at radius 1 is 1.05 bits per heavy atom. The first kappa shape index (κ1) is 24.1. The Balaban J connectivity index is 1.37. The average molecular weight is 523 g/mol. The van der Waals surface area contributed by atoms with Crippen molar-refractivity contribution in [3.8, 4) is 10.6 Å². The van der Waals surface area contributed by atoms with E-state index >= 15 is 0 Å². The number of nitrogens with zero attached hydrogens (tertiary/aromatic N) is 4. The van der Waals surface area contributed by atoms with E-state index in [-0.39, 0.29) is 36.6 Å². The highest BCUT2D eigenvalue weighted by atomic mass is 32.1. The van der Waals surface area contributed by atoms with Gasteiger partial charge in [-0.2, -0.15) is 4.98 Å². The van der Waals surface area contributed by atoms with Gasteiger partial charge in [0.1, 0.15) is 28.0 Å². The lowest BCUT2D eigenvalue weighted by molar-refractivity contribution is 0.229. The first-order chi connectivity index (χ1) is 18.0. The average Bonchev–Trinajstić information content (AvgIpc) is 3.47. The number of hydrogen-bond acceptors (Lipinski definition) is 8. The highest BCUT2D eigenvalue weighted by Crippen LogP contribution is 2.44. The van der Waals surface area contributed by atoms with Gasteiger partial charge in [-0.3, -0.25) is 4.98 Å². The Hall–Kier alpha value is -3.24. The number of aliphatic hydroxyl groups is 1. The molecule has 2 unspecified atom stereocenters. The Kier molecular flexibility index (Phi) is 6.46. The van der Waals surface area contributed by atoms with Crippen molar-refractivity contribution in [1.82, 2.24) is 19.9 Å². The first-order valence-electron chi connectivity index (χ1n) is 12.7. The second-order valence-corrected chi connectivity index (χ2v) is 11.0. The summed E-state index contributed by atoms with van der Waals surface area (Å²) in [5.74, 6) is 0.426. The normalized spacial score (nSPS) is 19.5. The SMILES string of the molecule is Cc1nc(NCc2c(F)cccc2F)nc(NC2CCC(CO)C2)c1-c1nc2c(C3CC3)nccc2s1. The minimum atomic E-state index is -0.616. The van der Waals surface area contributed by atoms with Crippen LogP contribution in [0, 0.1) is 24.5 Å². The van der Waals surface area contributed by atoms with Crippen LogP contribution in [0.2, 0.25) is 0 Å². The lowest BCUT2D eigenvalue weighted by atomic mass is 10.1. The predicted molar refractivity (Wildman–Crippen MR) is 141 cm³/mol. The van der Waals surface area contributed by atoms with Gasteiger partial charge in [0, 0.05) is 36.9 Å². The maximum Gasteiger partial charge on any atom is 0.225 e. The number of aryl methyl sites for hydroxylation is 1. The topological polar surface area (TPSA) is 95.9 Å². The summed E-state index contributed by atoms with van der Waals surface area (Å²) in [4.78, 5) is 19.0. The Morgan fingerprint density at radius 3 is 2.59 bits per heavy atom. The zero-order valence-corrected chi connectivity index (χ0v) is 21.3. The summed E-state index contributed by atoms with van der Waals surface area (Å²) in [5.41, 5.74) is 3.47. The number of anilines is 2. The zero-order chi connectivity index (χ0) is 25.5. The number of nitrogens with one attached hydrogen (secondary N) is 2. The summed E-state index contributed by atoms with van der Waals surface area (Å²) >= 11 is 1.59. The van der Waals surface area contributed by atoms with Gasteiger partial charge in [0.2, 0.25) is 5.95 Å². The number of hydrogen-bond donors (Lipinski definition) is 3. The molecule has 0 bridgehead atoms. The highest BCUT2D eigenvalue weighted by Gasteiger charge is 2.30. The number of halogens is 2. The van der Waals surface area contributed by atoms with Crippen molar-refractivity contribution in [2.45, 2.75) is 57.5 Å². The molecule has 2 aliphatic rings. The van der Waals surface area contributed by atoms with Gasteiger partial charge in [-0.05, 0) is 63.1 Å². The summed E-state index contributed by atoms with van der Waals surface area (Å²) in [6.07, 6.45) is 6.85. The smallest absolute Gasteiger partial charge is 0.225 e. The van der Waals surface area contributed by atoms with E-state index in [9.17, 15) is 13.9 Å². The van der Waals surface area contributed by atoms with E-state index in [1.54, 1.807) is 11.3 Å². The van der Waals surface area contributed by atoms with Gasteiger partial charge < -0.3 is 15.7 Å². The molecule has 0 aliphatic heterocycles. The highest BCUT2D eigenvalue weighted by molar-refractivity contribution is 7.21. The number of pyridine rings is 1. The molecule has 37 heavy (non-hydrogen) atoms. The third-order valence-electron chi connectivity index (χ3n) is 7.23. The minimum Gasteiger partial charge on any atom is -0.396 e. The monoisotopic (exact) mass is 522 g/mol. The van der Waals surface area contributed by atoms with Crippen molar-refractivity contribution in [2.24, 2.45) is 5.92 Å². The van der Waals surface area contributed by atoms with Crippen molar-refractivity contribution >= 4 is 33.3 Å². The summed E-state index contributed by atoms with van der Waals surface area (Å²) in [6, 6.07) is 5.96. The summed E-state index contributed by atoms with van der Waals surface area (Å²) in [6.45, 7) is 1.99. The molecule has 0 spiro atoms. The van der Waals surface area contributed by atoms with Crippen LogP contribution in [0.4, 0.5) is 20.5 Å². The van der Waals surface area contributed by atoms with Crippen LogP contribution in [0.1, 0.15) is 55.0 Å². The molecule has 2 aliphatic carbocycles. The summed E-state index contributed by atoms with van der Waals surface area (Å²) < 4.78 is 29.4. The minimum absolute atomic E-state index is 0.0600. The Morgan fingerprint density at radius 2 is 1.86 bits per heavy atom. The van der Waals surface area contributed by atoms with E-state index in [0.29, 0.717) is 17.4 Å². The molecule has 192 valence electrons. The van der Waals surface area contributed by atoms with E-state index in [1.165, 1.54) is 18.2 Å². The molecule has 1 aromatic carbocycles. The first-order valence-corrected chi connectivity index (χ1v) is 13.5. The van der Waals surface area contributed by atoms with Crippen molar-refractivity contribution < 1.29 is 13.9 Å². The fraction of sp³-hybridized carbons (Fsp3) is 0.407. The molecule has 10 heteroatoms. The van der Waals surface area contributed by atoms with Crippen molar-refractivity contribution in [3.63, 3.8) is 0 Å². The van der Waals surface area contributed by atoms with Crippen LogP contribution in [-0.4, -0.2) is 37.7 Å². The van der Waals surface area contributed by atoms with E-state index in [0.717, 1.165) is 58.6 Å². The third-order valence-corrected chi connectivity index (χ3v) is 8.27. The van der Waals surface area contributed by atoms with E-state index in [2.05, 4.69) is 20.6 Å². The standard InChI is InChI=1S/C27H28F2N6OS/c1-14-22(26-34-24-21(37-26)9-10-30-23(24)16-6-7-16)25(33-17-8-5-15(11-17)13-36)35-27(32-14)31-12-18-19(28)3-2-4-20(18)29/h2-4,9-10,15-17,36H,5-8,11-13H2,1H3,(H2,31,32,33,35). The molecular formula is C27H28F2N6OS. The Labute approximate surface area is 217 Å². The van der Waals surface area contributed by atoms with Gasteiger partial charge >= 0.3 is 0 Å². The Bertz CT molecular complexity index is 1440. The second-order valence-electron chi connectivity index (χ2n) is 9.95. The fourth-order valence-electron chi connectivity index (χ4n) is 5.08. The molecule has 3 aromatic heterocycles. The molecule has 0 radical (unpaired) electrons. The molecule has 3 N–H and O–H groups in total. The van der Waals surface area contributed by atoms with E-state index < -0.39 is 11.6 Å². The lowest BCUT2D eigenvalue weighted by Gasteiger charge is -2.18. The third kappa shape index (κ3) is 4.87. The molecule has 0 amide bonds. The van der Waals surface area contributed by atoms with Gasteiger partial charge in [-0.15, -0.1) is 11.3 Å². The number of benzene rings is 1.